The lowest BCUT2D eigenvalue weighted by atomic mass is 10.2. The molecular weight excluding hydrogens is 285 g/mol. The molecule has 1 heterocycles. The van der Waals surface area contributed by atoms with E-state index in [-0.39, 0.29) is 30.7 Å². The van der Waals surface area contributed by atoms with Crippen LogP contribution >= 0.6 is 12.4 Å². The molecule has 0 aliphatic rings. The minimum Gasteiger partial charge on any atom is -0.485 e. The molecule has 1 aromatic carbocycles. The van der Waals surface area contributed by atoms with Gasteiger partial charge in [0.1, 0.15) is 11.6 Å². The van der Waals surface area contributed by atoms with E-state index in [1.54, 1.807) is 12.1 Å². The zero-order valence-corrected chi connectivity index (χ0v) is 12.1. The van der Waals surface area contributed by atoms with Gasteiger partial charge in [-0.3, -0.25) is 0 Å². The summed E-state index contributed by atoms with van der Waals surface area (Å²) in [6.45, 7) is 2.90. The van der Waals surface area contributed by atoms with Crippen LogP contribution in [0.3, 0.4) is 0 Å². The van der Waals surface area contributed by atoms with E-state index < -0.39 is 0 Å². The van der Waals surface area contributed by atoms with Crippen LogP contribution in [0.25, 0.3) is 0 Å². The normalized spacial score (nSPS) is 11.8. The molecule has 0 fully saturated rings. The Morgan fingerprint density at radius 3 is 2.95 bits per heavy atom. The maximum atomic E-state index is 13.0. The number of nitrogens with zero attached hydrogens (tertiary/aromatic N) is 2. The van der Waals surface area contributed by atoms with Crippen molar-refractivity contribution in [2.75, 3.05) is 13.6 Å². The smallest absolute Gasteiger partial charge is 0.230 e. The van der Waals surface area contributed by atoms with Gasteiger partial charge in [0.25, 0.3) is 0 Å². The molecule has 7 heteroatoms. The van der Waals surface area contributed by atoms with E-state index in [1.165, 1.54) is 12.1 Å². The van der Waals surface area contributed by atoms with E-state index in [0.717, 1.165) is 6.54 Å². The minimum atomic E-state index is -0.339. The number of hydrogen-bond donors (Lipinski definition) is 1. The number of rotatable bonds is 6. The molecule has 110 valence electrons. The van der Waals surface area contributed by atoms with Crippen LogP contribution in [0.4, 0.5) is 4.39 Å². The summed E-state index contributed by atoms with van der Waals surface area (Å²) in [6.07, 6.45) is 0. The SMILES string of the molecule is CNCC(C)c1nc(COc2cccc(F)c2)no1.Cl. The molecule has 0 saturated heterocycles. The van der Waals surface area contributed by atoms with Crippen molar-refractivity contribution in [2.45, 2.75) is 19.4 Å². The van der Waals surface area contributed by atoms with Crippen LogP contribution in [0.5, 0.6) is 5.75 Å². The number of hydrogen-bond acceptors (Lipinski definition) is 5. The van der Waals surface area contributed by atoms with Crippen LogP contribution in [0.15, 0.2) is 28.8 Å². The molecule has 1 aromatic heterocycles. The molecule has 0 saturated carbocycles. The standard InChI is InChI=1S/C13H16FN3O2.ClH/c1-9(7-15-2)13-16-12(17-19-13)8-18-11-5-3-4-10(14)6-11;/h3-6,9,15H,7-8H2,1-2H3;1H. The monoisotopic (exact) mass is 301 g/mol. The highest BCUT2D eigenvalue weighted by Crippen LogP contribution is 2.15. The van der Waals surface area contributed by atoms with Gasteiger partial charge in [0.05, 0.1) is 0 Å². The molecule has 0 spiro atoms. The molecule has 2 aromatic rings. The fraction of sp³-hybridized carbons (Fsp3) is 0.385. The Kier molecular flexibility index (Phi) is 6.41. The van der Waals surface area contributed by atoms with Crippen molar-refractivity contribution in [2.24, 2.45) is 0 Å². The predicted molar refractivity (Wildman–Crippen MR) is 74.6 cm³/mol. The average Bonchev–Trinajstić information content (AvgIpc) is 2.86. The summed E-state index contributed by atoms with van der Waals surface area (Å²) in [4.78, 5) is 4.23. The maximum Gasteiger partial charge on any atom is 0.230 e. The van der Waals surface area contributed by atoms with E-state index in [2.05, 4.69) is 15.5 Å². The predicted octanol–water partition coefficient (Wildman–Crippen LogP) is 2.53. The van der Waals surface area contributed by atoms with E-state index in [9.17, 15) is 4.39 Å². The van der Waals surface area contributed by atoms with Gasteiger partial charge in [-0.2, -0.15) is 4.98 Å². The Morgan fingerprint density at radius 2 is 2.25 bits per heavy atom. The lowest BCUT2D eigenvalue weighted by Crippen LogP contribution is -2.15. The van der Waals surface area contributed by atoms with Gasteiger partial charge in [0.2, 0.25) is 11.7 Å². The molecule has 1 N–H and O–H groups in total. The Hall–Kier alpha value is -1.66. The van der Waals surface area contributed by atoms with Crippen molar-refractivity contribution in [1.29, 1.82) is 0 Å². The highest BCUT2D eigenvalue weighted by Gasteiger charge is 2.13. The van der Waals surface area contributed by atoms with Crippen LogP contribution in [0, 0.1) is 5.82 Å². The van der Waals surface area contributed by atoms with Gasteiger partial charge < -0.3 is 14.6 Å². The topological polar surface area (TPSA) is 60.2 Å². The van der Waals surface area contributed by atoms with Crippen molar-refractivity contribution in [1.82, 2.24) is 15.5 Å². The number of benzene rings is 1. The number of ether oxygens (including phenoxy) is 1. The second-order valence-corrected chi connectivity index (χ2v) is 4.25. The first kappa shape index (κ1) is 16.4. The third kappa shape index (κ3) is 4.47. The molecular formula is C13H17ClFN3O2. The third-order valence-corrected chi connectivity index (χ3v) is 2.58. The summed E-state index contributed by atoms with van der Waals surface area (Å²) < 4.78 is 23.5. The number of halogens is 2. The van der Waals surface area contributed by atoms with Crippen LogP contribution in [0.2, 0.25) is 0 Å². The molecule has 0 bridgehead atoms. The fourth-order valence-corrected chi connectivity index (χ4v) is 1.62. The van der Waals surface area contributed by atoms with E-state index >= 15 is 0 Å². The van der Waals surface area contributed by atoms with E-state index in [1.807, 2.05) is 14.0 Å². The number of likely N-dealkylation sites (N-methyl/N-ethyl adjacent to an activating group) is 1. The molecule has 0 amide bonds. The number of nitrogens with one attached hydrogen (secondary N) is 1. The molecule has 2 rings (SSSR count). The summed E-state index contributed by atoms with van der Waals surface area (Å²) in [5.41, 5.74) is 0. The summed E-state index contributed by atoms with van der Waals surface area (Å²) >= 11 is 0. The van der Waals surface area contributed by atoms with E-state index in [0.29, 0.717) is 17.5 Å². The first-order valence-electron chi connectivity index (χ1n) is 6.04. The number of aromatic nitrogens is 2. The second-order valence-electron chi connectivity index (χ2n) is 4.25. The Balaban J connectivity index is 0.00000200. The highest BCUT2D eigenvalue weighted by molar-refractivity contribution is 5.85. The van der Waals surface area contributed by atoms with Crippen LogP contribution in [-0.2, 0) is 6.61 Å². The van der Waals surface area contributed by atoms with Crippen molar-refractivity contribution >= 4 is 12.4 Å². The zero-order chi connectivity index (χ0) is 13.7. The lowest BCUT2D eigenvalue weighted by molar-refractivity contribution is 0.283. The Bertz CT molecular complexity index is 536. The lowest BCUT2D eigenvalue weighted by Gasteiger charge is -2.03. The van der Waals surface area contributed by atoms with Crippen molar-refractivity contribution in [3.05, 3.63) is 41.8 Å². The summed E-state index contributed by atoms with van der Waals surface area (Å²) in [5.74, 6) is 1.25. The summed E-state index contributed by atoms with van der Waals surface area (Å²) in [7, 11) is 1.86. The van der Waals surface area contributed by atoms with Gasteiger partial charge >= 0.3 is 0 Å². The fourth-order valence-electron chi connectivity index (χ4n) is 1.62. The quantitative estimate of drug-likeness (QED) is 0.888. The van der Waals surface area contributed by atoms with E-state index in [4.69, 9.17) is 9.26 Å². The molecule has 0 radical (unpaired) electrons. The summed E-state index contributed by atoms with van der Waals surface area (Å²) in [6, 6.07) is 5.93. The van der Waals surface area contributed by atoms with Crippen LogP contribution in [0.1, 0.15) is 24.6 Å². The first-order valence-corrected chi connectivity index (χ1v) is 6.04. The van der Waals surface area contributed by atoms with Gasteiger partial charge in [-0.15, -0.1) is 12.4 Å². The van der Waals surface area contributed by atoms with Crippen molar-refractivity contribution < 1.29 is 13.7 Å². The zero-order valence-electron chi connectivity index (χ0n) is 11.3. The maximum absolute atomic E-state index is 13.0. The molecule has 0 aliphatic carbocycles. The van der Waals surface area contributed by atoms with Crippen molar-refractivity contribution in [3.8, 4) is 5.75 Å². The van der Waals surface area contributed by atoms with Crippen LogP contribution < -0.4 is 10.1 Å². The first-order chi connectivity index (χ1) is 9.19. The second kappa shape index (κ2) is 7.81. The molecule has 1 atom stereocenters. The molecule has 0 aliphatic heterocycles. The van der Waals surface area contributed by atoms with Crippen molar-refractivity contribution in [3.63, 3.8) is 0 Å². The molecule has 20 heavy (non-hydrogen) atoms. The molecule has 5 nitrogen and oxygen atoms in total. The van der Waals surface area contributed by atoms with Crippen LogP contribution in [-0.4, -0.2) is 23.7 Å². The Labute approximate surface area is 122 Å². The Morgan fingerprint density at radius 1 is 1.45 bits per heavy atom. The average molecular weight is 302 g/mol. The van der Waals surface area contributed by atoms with Gasteiger partial charge in [-0.25, -0.2) is 4.39 Å². The van der Waals surface area contributed by atoms with Gasteiger partial charge in [0, 0.05) is 18.5 Å². The largest absolute Gasteiger partial charge is 0.485 e. The molecule has 1 unspecified atom stereocenters. The highest BCUT2D eigenvalue weighted by atomic mass is 35.5. The van der Waals surface area contributed by atoms with Gasteiger partial charge in [-0.1, -0.05) is 18.1 Å². The third-order valence-electron chi connectivity index (χ3n) is 2.58. The van der Waals surface area contributed by atoms with Gasteiger partial charge in [-0.05, 0) is 19.2 Å². The summed E-state index contributed by atoms with van der Waals surface area (Å²) in [5, 5.41) is 6.86. The van der Waals surface area contributed by atoms with Gasteiger partial charge in [0.15, 0.2) is 6.61 Å². The minimum absolute atomic E-state index is 0.